The van der Waals surface area contributed by atoms with Crippen molar-refractivity contribution in [1.82, 2.24) is 21.0 Å². The molecule has 2 N–H and O–H groups in total. The molecule has 1 aromatic carbocycles. The highest BCUT2D eigenvalue weighted by Gasteiger charge is 2.11. The van der Waals surface area contributed by atoms with Crippen LogP contribution in [0.25, 0.3) is 10.6 Å². The van der Waals surface area contributed by atoms with Crippen LogP contribution in [0.15, 0.2) is 40.2 Å². The lowest BCUT2D eigenvalue weighted by atomic mass is 10.2. The number of carbonyl (C=O) groups is 2. The maximum atomic E-state index is 13.0. The number of hydrazine groups is 1. The SMILES string of the molecule is Cc1cc(OCC(=O)NNC(=O)Cc2csc(-c3ccc(F)cc3)n2)no1. The molecule has 0 saturated heterocycles. The zero-order chi connectivity index (χ0) is 19.2. The number of hydrogen-bond acceptors (Lipinski definition) is 7. The van der Waals surface area contributed by atoms with Crippen molar-refractivity contribution in [2.45, 2.75) is 13.3 Å². The first-order valence-corrected chi connectivity index (χ1v) is 8.72. The monoisotopic (exact) mass is 390 g/mol. The molecule has 3 aromatic rings. The molecule has 2 heterocycles. The van der Waals surface area contributed by atoms with E-state index in [1.165, 1.54) is 29.5 Å². The number of ether oxygens (including phenoxy) is 1. The van der Waals surface area contributed by atoms with Gasteiger partial charge in [-0.2, -0.15) is 0 Å². The molecule has 0 aliphatic heterocycles. The first-order chi connectivity index (χ1) is 13.0. The number of halogens is 1. The van der Waals surface area contributed by atoms with Gasteiger partial charge in [-0.05, 0) is 36.3 Å². The summed E-state index contributed by atoms with van der Waals surface area (Å²) in [6, 6.07) is 7.47. The third kappa shape index (κ3) is 5.35. The minimum absolute atomic E-state index is 0.0126. The Labute approximate surface area is 157 Å². The van der Waals surface area contributed by atoms with Crippen LogP contribution >= 0.6 is 11.3 Å². The Hall–Kier alpha value is -3.27. The van der Waals surface area contributed by atoms with E-state index < -0.39 is 11.8 Å². The molecule has 140 valence electrons. The quantitative estimate of drug-likeness (QED) is 0.624. The van der Waals surface area contributed by atoms with Gasteiger partial charge < -0.3 is 9.26 Å². The predicted octanol–water partition coefficient (Wildman–Crippen LogP) is 2.01. The molecule has 2 aromatic heterocycles. The molecule has 0 bridgehead atoms. The molecule has 10 heteroatoms. The van der Waals surface area contributed by atoms with Gasteiger partial charge in [0, 0.05) is 17.0 Å². The Morgan fingerprint density at radius 1 is 1.22 bits per heavy atom. The zero-order valence-electron chi connectivity index (χ0n) is 14.2. The molecule has 27 heavy (non-hydrogen) atoms. The number of benzene rings is 1. The minimum Gasteiger partial charge on any atom is -0.465 e. The van der Waals surface area contributed by atoms with Crippen molar-refractivity contribution in [2.24, 2.45) is 0 Å². The van der Waals surface area contributed by atoms with Gasteiger partial charge in [0.1, 0.15) is 16.6 Å². The highest BCUT2D eigenvalue weighted by Crippen LogP contribution is 2.24. The van der Waals surface area contributed by atoms with Gasteiger partial charge in [0.25, 0.3) is 11.8 Å². The van der Waals surface area contributed by atoms with Gasteiger partial charge in [0.05, 0.1) is 12.1 Å². The normalized spacial score (nSPS) is 10.4. The van der Waals surface area contributed by atoms with E-state index in [4.69, 9.17) is 9.26 Å². The van der Waals surface area contributed by atoms with Gasteiger partial charge in [0.2, 0.25) is 5.91 Å². The van der Waals surface area contributed by atoms with Crippen LogP contribution in [-0.4, -0.2) is 28.6 Å². The number of aromatic nitrogens is 2. The lowest BCUT2D eigenvalue weighted by molar-refractivity contribution is -0.129. The largest absolute Gasteiger partial charge is 0.465 e. The topological polar surface area (TPSA) is 106 Å². The Kier molecular flexibility index (Phi) is 5.77. The lowest BCUT2D eigenvalue weighted by Crippen LogP contribution is -2.44. The van der Waals surface area contributed by atoms with Crippen LogP contribution in [0.3, 0.4) is 0 Å². The molecule has 0 unspecified atom stereocenters. The van der Waals surface area contributed by atoms with Crippen molar-refractivity contribution in [3.63, 3.8) is 0 Å². The number of amides is 2. The fourth-order valence-corrected chi connectivity index (χ4v) is 2.87. The molecular weight excluding hydrogens is 375 g/mol. The van der Waals surface area contributed by atoms with Gasteiger partial charge >= 0.3 is 0 Å². The van der Waals surface area contributed by atoms with E-state index in [9.17, 15) is 14.0 Å². The third-order valence-electron chi connectivity index (χ3n) is 3.28. The predicted molar refractivity (Wildman–Crippen MR) is 94.2 cm³/mol. The third-order valence-corrected chi connectivity index (χ3v) is 4.22. The average molecular weight is 390 g/mol. The summed E-state index contributed by atoms with van der Waals surface area (Å²) in [6.07, 6.45) is -0.0126. The molecule has 2 amide bonds. The van der Waals surface area contributed by atoms with Crippen molar-refractivity contribution < 1.29 is 23.2 Å². The molecule has 8 nitrogen and oxygen atoms in total. The summed E-state index contributed by atoms with van der Waals surface area (Å²) in [6.45, 7) is 1.37. The number of nitrogens with zero attached hydrogens (tertiary/aromatic N) is 2. The Bertz CT molecular complexity index is 939. The summed E-state index contributed by atoms with van der Waals surface area (Å²) in [5.41, 5.74) is 5.83. The molecule has 0 spiro atoms. The first kappa shape index (κ1) is 18.5. The minimum atomic E-state index is -0.547. The first-order valence-electron chi connectivity index (χ1n) is 7.84. The smallest absolute Gasteiger partial charge is 0.276 e. The van der Waals surface area contributed by atoms with Crippen molar-refractivity contribution >= 4 is 23.2 Å². The van der Waals surface area contributed by atoms with Gasteiger partial charge in [-0.1, -0.05) is 0 Å². The van der Waals surface area contributed by atoms with E-state index in [-0.39, 0.29) is 24.7 Å². The van der Waals surface area contributed by atoms with Gasteiger partial charge in [-0.25, -0.2) is 9.37 Å². The fraction of sp³-hybridized carbons (Fsp3) is 0.176. The van der Waals surface area contributed by atoms with E-state index in [1.54, 1.807) is 24.4 Å². The molecular formula is C17H15FN4O4S. The summed E-state index contributed by atoms with van der Waals surface area (Å²) in [5.74, 6) is -0.564. The van der Waals surface area contributed by atoms with Crippen LogP contribution in [0, 0.1) is 12.7 Å². The number of aryl methyl sites for hydroxylation is 1. The zero-order valence-corrected chi connectivity index (χ0v) is 15.0. The van der Waals surface area contributed by atoms with Crippen LogP contribution in [0.5, 0.6) is 5.88 Å². The van der Waals surface area contributed by atoms with Crippen LogP contribution in [0.1, 0.15) is 11.5 Å². The maximum absolute atomic E-state index is 13.0. The highest BCUT2D eigenvalue weighted by atomic mass is 32.1. The van der Waals surface area contributed by atoms with E-state index in [2.05, 4.69) is 21.0 Å². The second-order valence-corrected chi connectivity index (χ2v) is 6.35. The number of carbonyl (C=O) groups excluding carboxylic acids is 2. The van der Waals surface area contributed by atoms with Crippen molar-refractivity contribution in [2.75, 3.05) is 6.61 Å². The molecule has 0 aliphatic rings. The summed E-state index contributed by atoms with van der Waals surface area (Å²) in [7, 11) is 0. The van der Waals surface area contributed by atoms with Crippen LogP contribution < -0.4 is 15.6 Å². The molecule has 0 aliphatic carbocycles. The van der Waals surface area contributed by atoms with E-state index in [0.717, 1.165) is 5.56 Å². The van der Waals surface area contributed by atoms with E-state index >= 15 is 0 Å². The number of nitrogens with one attached hydrogen (secondary N) is 2. The Morgan fingerprint density at radius 3 is 2.67 bits per heavy atom. The number of thiazole rings is 1. The summed E-state index contributed by atoms with van der Waals surface area (Å²) < 4.78 is 22.9. The second-order valence-electron chi connectivity index (χ2n) is 5.49. The van der Waals surface area contributed by atoms with Crippen LogP contribution in [0.4, 0.5) is 4.39 Å². The summed E-state index contributed by atoms with van der Waals surface area (Å²) >= 11 is 1.35. The van der Waals surface area contributed by atoms with Gasteiger partial charge in [-0.3, -0.25) is 20.4 Å². The molecule has 0 fully saturated rings. The van der Waals surface area contributed by atoms with Crippen LogP contribution in [-0.2, 0) is 16.0 Å². The van der Waals surface area contributed by atoms with E-state index in [1.807, 2.05) is 0 Å². The molecule has 0 atom stereocenters. The Balaban J connectivity index is 1.44. The van der Waals surface area contributed by atoms with E-state index in [0.29, 0.717) is 16.5 Å². The Morgan fingerprint density at radius 2 is 1.96 bits per heavy atom. The average Bonchev–Trinajstić information content (AvgIpc) is 3.28. The summed E-state index contributed by atoms with van der Waals surface area (Å²) in [5, 5.41) is 5.99. The fourth-order valence-electron chi connectivity index (χ4n) is 2.05. The standard InChI is InChI=1S/C17H15FN4O4S/c1-10-6-16(22-26-10)25-8-15(24)21-20-14(23)7-13-9-27-17(19-13)11-2-4-12(18)5-3-11/h2-6,9H,7-8H2,1H3,(H,20,23)(H,21,24). The molecule has 3 rings (SSSR count). The number of rotatable bonds is 6. The summed E-state index contributed by atoms with van der Waals surface area (Å²) in [4.78, 5) is 27.9. The van der Waals surface area contributed by atoms with Crippen molar-refractivity contribution in [1.29, 1.82) is 0 Å². The maximum Gasteiger partial charge on any atom is 0.276 e. The highest BCUT2D eigenvalue weighted by molar-refractivity contribution is 7.13. The molecule has 0 saturated carbocycles. The number of hydrogen-bond donors (Lipinski definition) is 2. The van der Waals surface area contributed by atoms with Crippen LogP contribution in [0.2, 0.25) is 0 Å². The van der Waals surface area contributed by atoms with Crippen molar-refractivity contribution in [3.8, 4) is 16.5 Å². The van der Waals surface area contributed by atoms with Crippen molar-refractivity contribution in [3.05, 3.63) is 53.0 Å². The second kappa shape index (κ2) is 8.41. The van der Waals surface area contributed by atoms with Gasteiger partial charge in [-0.15, -0.1) is 11.3 Å². The lowest BCUT2D eigenvalue weighted by Gasteiger charge is -2.06. The van der Waals surface area contributed by atoms with Gasteiger partial charge in [0.15, 0.2) is 6.61 Å². The molecule has 0 radical (unpaired) electrons.